The van der Waals surface area contributed by atoms with Gasteiger partial charge in [0.15, 0.2) is 0 Å². The largest absolute Gasteiger partial charge is 0.392 e. The molecule has 0 spiro atoms. The third kappa shape index (κ3) is 1.27. The second-order valence-electron chi connectivity index (χ2n) is 2.89. The molecular formula is C7H11F3. The van der Waals surface area contributed by atoms with Crippen LogP contribution in [0.15, 0.2) is 0 Å². The minimum Gasteiger partial charge on any atom is -0.171 e. The van der Waals surface area contributed by atoms with Crippen LogP contribution in [0.25, 0.3) is 0 Å². The summed E-state index contributed by atoms with van der Waals surface area (Å²) in [7, 11) is 0. The van der Waals surface area contributed by atoms with Crippen LogP contribution >= 0.6 is 0 Å². The number of alkyl halides is 3. The summed E-state index contributed by atoms with van der Waals surface area (Å²) >= 11 is 0. The Morgan fingerprint density at radius 1 is 1.30 bits per heavy atom. The Labute approximate surface area is 58.4 Å². The van der Waals surface area contributed by atoms with Crippen LogP contribution < -0.4 is 0 Å². The highest BCUT2D eigenvalue weighted by atomic mass is 19.4. The van der Waals surface area contributed by atoms with Gasteiger partial charge in [-0.2, -0.15) is 13.2 Å². The van der Waals surface area contributed by atoms with Crippen LogP contribution in [0.5, 0.6) is 0 Å². The summed E-state index contributed by atoms with van der Waals surface area (Å²) < 4.78 is 35.8. The fourth-order valence-corrected chi connectivity index (χ4v) is 1.49. The lowest BCUT2D eigenvalue weighted by Crippen LogP contribution is -2.37. The Balaban J connectivity index is 2.43. The van der Waals surface area contributed by atoms with Crippen molar-refractivity contribution >= 4 is 0 Å². The highest BCUT2D eigenvalue weighted by Crippen LogP contribution is 2.46. The summed E-state index contributed by atoms with van der Waals surface area (Å²) in [6.45, 7) is 1.82. The number of rotatable bonds is 1. The molecule has 2 atom stereocenters. The zero-order valence-corrected chi connectivity index (χ0v) is 5.91. The van der Waals surface area contributed by atoms with Crippen molar-refractivity contribution in [1.29, 1.82) is 0 Å². The lowest BCUT2D eigenvalue weighted by molar-refractivity contribution is -0.213. The van der Waals surface area contributed by atoms with Gasteiger partial charge in [0.2, 0.25) is 0 Å². The molecule has 0 aromatic carbocycles. The molecule has 0 radical (unpaired) electrons. The molecule has 10 heavy (non-hydrogen) atoms. The molecule has 3 heteroatoms. The van der Waals surface area contributed by atoms with Gasteiger partial charge in [-0.15, -0.1) is 0 Å². The van der Waals surface area contributed by atoms with Crippen LogP contribution in [-0.4, -0.2) is 6.18 Å². The van der Waals surface area contributed by atoms with E-state index in [1.165, 1.54) is 0 Å². The van der Waals surface area contributed by atoms with E-state index in [9.17, 15) is 13.2 Å². The summed E-state index contributed by atoms with van der Waals surface area (Å²) in [5, 5.41) is 0. The smallest absolute Gasteiger partial charge is 0.171 e. The molecule has 0 aliphatic heterocycles. The summed E-state index contributed by atoms with van der Waals surface area (Å²) in [5.41, 5.74) is 0. The monoisotopic (exact) mass is 152 g/mol. The molecule has 0 nitrogen and oxygen atoms in total. The molecule has 0 aromatic heterocycles. The molecule has 0 saturated heterocycles. The fourth-order valence-electron chi connectivity index (χ4n) is 1.49. The van der Waals surface area contributed by atoms with Gasteiger partial charge < -0.3 is 0 Å². The molecule has 0 unspecified atom stereocenters. The Morgan fingerprint density at radius 2 is 1.90 bits per heavy atom. The quantitative estimate of drug-likeness (QED) is 0.541. The van der Waals surface area contributed by atoms with Crippen molar-refractivity contribution in [2.75, 3.05) is 0 Å². The molecule has 60 valence electrons. The van der Waals surface area contributed by atoms with Crippen molar-refractivity contribution in [3.63, 3.8) is 0 Å². The van der Waals surface area contributed by atoms with Crippen LogP contribution in [0.3, 0.4) is 0 Å². The summed E-state index contributed by atoms with van der Waals surface area (Å²) in [4.78, 5) is 0. The molecule has 0 aromatic rings. The Morgan fingerprint density at radius 3 is 2.00 bits per heavy atom. The number of hydrogen-bond acceptors (Lipinski definition) is 0. The molecule has 0 heterocycles. The standard InChI is InChI=1S/C7H11F3/c1-2-5-3-4-6(5)7(8,9)10/h5-6H,2-4H2,1H3/t5-,6+/m1/s1. The fraction of sp³-hybridized carbons (Fsp3) is 1.00. The Bertz CT molecular complexity index is 115. The zero-order chi connectivity index (χ0) is 7.78. The lowest BCUT2D eigenvalue weighted by atomic mass is 9.72. The second-order valence-corrected chi connectivity index (χ2v) is 2.89. The number of hydrogen-bond donors (Lipinski definition) is 0. The van der Waals surface area contributed by atoms with E-state index in [1.54, 1.807) is 0 Å². The van der Waals surface area contributed by atoms with Gasteiger partial charge in [0.05, 0.1) is 5.92 Å². The molecule has 1 fully saturated rings. The van der Waals surface area contributed by atoms with Gasteiger partial charge >= 0.3 is 6.18 Å². The van der Waals surface area contributed by atoms with E-state index in [-0.39, 0.29) is 5.92 Å². The van der Waals surface area contributed by atoms with Gasteiger partial charge in [0.25, 0.3) is 0 Å². The molecule has 1 aliphatic rings. The normalized spacial score (nSPS) is 33.6. The molecule has 1 rings (SSSR count). The van der Waals surface area contributed by atoms with Crippen molar-refractivity contribution in [3.05, 3.63) is 0 Å². The number of halogens is 3. The highest BCUT2D eigenvalue weighted by Gasteiger charge is 2.48. The SMILES string of the molecule is CC[C@@H]1CC[C@@H]1C(F)(F)F. The van der Waals surface area contributed by atoms with E-state index in [2.05, 4.69) is 0 Å². The van der Waals surface area contributed by atoms with Gasteiger partial charge in [-0.1, -0.05) is 13.3 Å². The Kier molecular flexibility index (Phi) is 1.92. The highest BCUT2D eigenvalue weighted by molar-refractivity contribution is 4.84. The van der Waals surface area contributed by atoms with E-state index in [0.29, 0.717) is 12.8 Å². The average Bonchev–Trinajstić information content (AvgIpc) is 1.57. The first-order valence-electron chi connectivity index (χ1n) is 3.62. The van der Waals surface area contributed by atoms with Gasteiger partial charge in [0.1, 0.15) is 0 Å². The van der Waals surface area contributed by atoms with Crippen LogP contribution in [0, 0.1) is 11.8 Å². The van der Waals surface area contributed by atoms with Gasteiger partial charge in [-0.25, -0.2) is 0 Å². The molecule has 0 bridgehead atoms. The first-order chi connectivity index (χ1) is 4.55. The van der Waals surface area contributed by atoms with Crippen molar-refractivity contribution in [1.82, 2.24) is 0 Å². The van der Waals surface area contributed by atoms with E-state index >= 15 is 0 Å². The van der Waals surface area contributed by atoms with Crippen molar-refractivity contribution < 1.29 is 13.2 Å². The maximum Gasteiger partial charge on any atom is 0.392 e. The topological polar surface area (TPSA) is 0 Å². The third-order valence-corrected chi connectivity index (χ3v) is 2.36. The molecule has 1 saturated carbocycles. The maximum absolute atomic E-state index is 11.9. The van der Waals surface area contributed by atoms with E-state index in [1.807, 2.05) is 6.92 Å². The predicted molar refractivity (Wildman–Crippen MR) is 32.6 cm³/mol. The van der Waals surface area contributed by atoms with Crippen molar-refractivity contribution in [2.24, 2.45) is 11.8 Å². The maximum atomic E-state index is 11.9. The van der Waals surface area contributed by atoms with Crippen LogP contribution in [0.1, 0.15) is 26.2 Å². The zero-order valence-electron chi connectivity index (χ0n) is 5.91. The predicted octanol–water partition coefficient (Wildman–Crippen LogP) is 2.98. The first-order valence-corrected chi connectivity index (χ1v) is 3.62. The second kappa shape index (κ2) is 2.44. The van der Waals surface area contributed by atoms with E-state index in [4.69, 9.17) is 0 Å². The van der Waals surface area contributed by atoms with Crippen LogP contribution in [0.2, 0.25) is 0 Å². The molecule has 0 amide bonds. The third-order valence-electron chi connectivity index (χ3n) is 2.36. The van der Waals surface area contributed by atoms with Crippen LogP contribution in [-0.2, 0) is 0 Å². The van der Waals surface area contributed by atoms with E-state index < -0.39 is 12.1 Å². The molecule has 0 N–H and O–H groups in total. The molecule has 1 aliphatic carbocycles. The summed E-state index contributed by atoms with van der Waals surface area (Å²) in [5.74, 6) is -1.07. The van der Waals surface area contributed by atoms with Crippen LogP contribution in [0.4, 0.5) is 13.2 Å². The average molecular weight is 152 g/mol. The Hall–Kier alpha value is -0.210. The summed E-state index contributed by atoms with van der Waals surface area (Å²) in [6, 6.07) is 0. The van der Waals surface area contributed by atoms with Crippen molar-refractivity contribution in [3.8, 4) is 0 Å². The van der Waals surface area contributed by atoms with Crippen molar-refractivity contribution in [2.45, 2.75) is 32.4 Å². The van der Waals surface area contributed by atoms with Gasteiger partial charge in [-0.05, 0) is 18.8 Å². The van der Waals surface area contributed by atoms with Gasteiger partial charge in [0, 0.05) is 0 Å². The summed E-state index contributed by atoms with van der Waals surface area (Å²) in [6.07, 6.45) is -2.15. The first kappa shape index (κ1) is 7.89. The van der Waals surface area contributed by atoms with Gasteiger partial charge in [-0.3, -0.25) is 0 Å². The minimum atomic E-state index is -3.93. The molecular weight excluding hydrogens is 141 g/mol. The minimum absolute atomic E-state index is 0.0833. The lowest BCUT2D eigenvalue weighted by Gasteiger charge is -2.37. The van der Waals surface area contributed by atoms with E-state index in [0.717, 1.165) is 6.42 Å².